The first kappa shape index (κ1) is 17.2. The van der Waals surface area contributed by atoms with E-state index in [2.05, 4.69) is 30.8 Å². The predicted octanol–water partition coefficient (Wildman–Crippen LogP) is 1.44. The molecule has 0 atom stereocenters. The zero-order chi connectivity index (χ0) is 13.1. The molecule has 0 aromatic heterocycles. The first-order valence-electron chi connectivity index (χ1n) is 6.26. The third-order valence-electron chi connectivity index (χ3n) is 2.13. The lowest BCUT2D eigenvalue weighted by molar-refractivity contribution is 0.560. The van der Waals surface area contributed by atoms with Gasteiger partial charge in [-0.25, -0.2) is 13.1 Å². The average molecular weight is 282 g/mol. The van der Waals surface area contributed by atoms with Crippen molar-refractivity contribution in [1.82, 2.24) is 10.0 Å². The van der Waals surface area contributed by atoms with Crippen LogP contribution in [0.25, 0.3) is 0 Å². The predicted molar refractivity (Wildman–Crippen MR) is 77.2 cm³/mol. The van der Waals surface area contributed by atoms with Crippen LogP contribution in [0.2, 0.25) is 0 Å². The van der Waals surface area contributed by atoms with Gasteiger partial charge in [-0.1, -0.05) is 20.8 Å². The molecule has 17 heavy (non-hydrogen) atoms. The Morgan fingerprint density at radius 1 is 1.18 bits per heavy atom. The molecule has 0 fully saturated rings. The Bertz CT molecular complexity index is 267. The second-order valence-corrected chi connectivity index (χ2v) is 7.55. The van der Waals surface area contributed by atoms with E-state index in [-0.39, 0.29) is 5.75 Å². The molecule has 0 spiro atoms. The number of hydrogen-bond donors (Lipinski definition) is 2. The highest BCUT2D eigenvalue weighted by molar-refractivity contribution is 7.99. The van der Waals surface area contributed by atoms with Crippen molar-refractivity contribution in [3.63, 3.8) is 0 Å². The van der Waals surface area contributed by atoms with Gasteiger partial charge in [-0.15, -0.1) is 0 Å². The summed E-state index contributed by atoms with van der Waals surface area (Å²) in [6.07, 6.45) is 1.57. The van der Waals surface area contributed by atoms with Gasteiger partial charge in [0.2, 0.25) is 10.0 Å². The van der Waals surface area contributed by atoms with Gasteiger partial charge >= 0.3 is 0 Å². The topological polar surface area (TPSA) is 58.2 Å². The molecule has 0 bridgehead atoms. The fourth-order valence-corrected chi connectivity index (χ4v) is 3.03. The van der Waals surface area contributed by atoms with Crippen molar-refractivity contribution in [3.05, 3.63) is 0 Å². The molecule has 0 aliphatic carbocycles. The van der Waals surface area contributed by atoms with E-state index in [1.807, 2.05) is 11.8 Å². The Kier molecular flexibility index (Phi) is 10.3. The summed E-state index contributed by atoms with van der Waals surface area (Å²) >= 11 is 1.84. The van der Waals surface area contributed by atoms with Crippen molar-refractivity contribution in [2.75, 3.05) is 30.3 Å². The van der Waals surface area contributed by atoms with E-state index in [9.17, 15) is 8.42 Å². The second-order valence-electron chi connectivity index (χ2n) is 4.23. The molecule has 6 heteroatoms. The van der Waals surface area contributed by atoms with Gasteiger partial charge in [0.15, 0.2) is 0 Å². The van der Waals surface area contributed by atoms with Crippen molar-refractivity contribution < 1.29 is 8.42 Å². The molecule has 0 unspecified atom stereocenters. The first-order valence-corrected chi connectivity index (χ1v) is 9.07. The summed E-state index contributed by atoms with van der Waals surface area (Å²) in [7, 11) is -3.07. The highest BCUT2D eigenvalue weighted by atomic mass is 32.2. The summed E-state index contributed by atoms with van der Waals surface area (Å²) in [6, 6.07) is 0.414. The highest BCUT2D eigenvalue weighted by Crippen LogP contribution is 2.00. The van der Waals surface area contributed by atoms with Crippen LogP contribution in [0.15, 0.2) is 0 Å². The standard InChI is InChI=1S/C11H26N2O2S2/c1-4-16-9-5-8-13-17(14,15)10-6-7-12-11(2)3/h11-13H,4-10H2,1-3H3. The minimum absolute atomic E-state index is 0.216. The highest BCUT2D eigenvalue weighted by Gasteiger charge is 2.08. The zero-order valence-corrected chi connectivity index (χ0v) is 12.8. The van der Waals surface area contributed by atoms with Crippen molar-refractivity contribution in [2.24, 2.45) is 0 Å². The monoisotopic (exact) mass is 282 g/mol. The van der Waals surface area contributed by atoms with Crippen LogP contribution in [-0.4, -0.2) is 44.8 Å². The van der Waals surface area contributed by atoms with Crippen LogP contribution < -0.4 is 10.0 Å². The van der Waals surface area contributed by atoms with Gasteiger partial charge in [-0.05, 0) is 30.9 Å². The lowest BCUT2D eigenvalue weighted by atomic mass is 10.4. The average Bonchev–Trinajstić information content (AvgIpc) is 2.24. The molecular formula is C11H26N2O2S2. The molecule has 0 heterocycles. The van der Waals surface area contributed by atoms with Crippen molar-refractivity contribution in [1.29, 1.82) is 0 Å². The van der Waals surface area contributed by atoms with Gasteiger partial charge in [0.1, 0.15) is 0 Å². The summed E-state index contributed by atoms with van der Waals surface area (Å²) in [4.78, 5) is 0. The van der Waals surface area contributed by atoms with Crippen molar-refractivity contribution in [2.45, 2.75) is 39.7 Å². The lowest BCUT2D eigenvalue weighted by Crippen LogP contribution is -2.30. The SMILES string of the molecule is CCSCCCNS(=O)(=O)CCCNC(C)C. The van der Waals surface area contributed by atoms with Crippen molar-refractivity contribution >= 4 is 21.8 Å². The molecular weight excluding hydrogens is 256 g/mol. The molecule has 2 N–H and O–H groups in total. The molecule has 4 nitrogen and oxygen atoms in total. The summed E-state index contributed by atoms with van der Waals surface area (Å²) in [5.41, 5.74) is 0. The molecule has 0 aliphatic rings. The van der Waals surface area contributed by atoms with E-state index in [4.69, 9.17) is 0 Å². The molecule has 0 radical (unpaired) electrons. The summed E-state index contributed by atoms with van der Waals surface area (Å²) in [5, 5.41) is 3.21. The fourth-order valence-electron chi connectivity index (χ4n) is 1.27. The molecule has 0 amide bonds. The molecule has 0 aliphatic heterocycles. The summed E-state index contributed by atoms with van der Waals surface area (Å²) < 4.78 is 25.8. The Hall–Kier alpha value is 0.220. The molecule has 0 saturated carbocycles. The van der Waals surface area contributed by atoms with E-state index >= 15 is 0 Å². The Morgan fingerprint density at radius 2 is 1.88 bits per heavy atom. The summed E-state index contributed by atoms with van der Waals surface area (Å²) in [5.74, 6) is 2.33. The maximum absolute atomic E-state index is 11.6. The second kappa shape index (κ2) is 10.2. The third kappa shape index (κ3) is 12.5. The Labute approximate surface area is 110 Å². The van der Waals surface area contributed by atoms with Crippen LogP contribution in [0.1, 0.15) is 33.6 Å². The quantitative estimate of drug-likeness (QED) is 0.563. The zero-order valence-electron chi connectivity index (χ0n) is 11.2. The van der Waals surface area contributed by atoms with E-state index in [1.165, 1.54) is 0 Å². The van der Waals surface area contributed by atoms with E-state index in [1.54, 1.807) is 0 Å². The number of rotatable bonds is 11. The maximum Gasteiger partial charge on any atom is 0.211 e. The largest absolute Gasteiger partial charge is 0.314 e. The number of nitrogens with one attached hydrogen (secondary N) is 2. The molecule has 0 aromatic rings. The van der Waals surface area contributed by atoms with Crippen LogP contribution in [0.5, 0.6) is 0 Å². The van der Waals surface area contributed by atoms with E-state index in [0.717, 1.165) is 24.5 Å². The number of sulfonamides is 1. The smallest absolute Gasteiger partial charge is 0.211 e. The van der Waals surface area contributed by atoms with E-state index in [0.29, 0.717) is 19.0 Å². The number of thioether (sulfide) groups is 1. The van der Waals surface area contributed by atoms with Gasteiger partial charge in [0, 0.05) is 12.6 Å². The first-order chi connectivity index (χ1) is 7.98. The van der Waals surface area contributed by atoms with Crippen molar-refractivity contribution in [3.8, 4) is 0 Å². The molecule has 104 valence electrons. The van der Waals surface area contributed by atoms with Gasteiger partial charge in [0.25, 0.3) is 0 Å². The van der Waals surface area contributed by atoms with Gasteiger partial charge in [-0.2, -0.15) is 11.8 Å². The van der Waals surface area contributed by atoms with Crippen LogP contribution in [0.3, 0.4) is 0 Å². The lowest BCUT2D eigenvalue weighted by Gasteiger charge is -2.09. The van der Waals surface area contributed by atoms with Crippen LogP contribution >= 0.6 is 11.8 Å². The van der Waals surface area contributed by atoms with Gasteiger partial charge in [-0.3, -0.25) is 0 Å². The normalized spacial score (nSPS) is 12.2. The Morgan fingerprint density at radius 3 is 2.47 bits per heavy atom. The minimum atomic E-state index is -3.07. The summed E-state index contributed by atoms with van der Waals surface area (Å²) in [6.45, 7) is 7.53. The molecule has 0 rings (SSSR count). The third-order valence-corrected chi connectivity index (χ3v) is 4.59. The van der Waals surface area contributed by atoms with Crippen LogP contribution in [0.4, 0.5) is 0 Å². The minimum Gasteiger partial charge on any atom is -0.314 e. The number of hydrogen-bond acceptors (Lipinski definition) is 4. The molecule has 0 saturated heterocycles. The van der Waals surface area contributed by atoms with Gasteiger partial charge in [0.05, 0.1) is 5.75 Å². The maximum atomic E-state index is 11.6. The Balaban J connectivity index is 3.52. The van der Waals surface area contributed by atoms with Crippen LogP contribution in [-0.2, 0) is 10.0 Å². The molecule has 0 aromatic carbocycles. The van der Waals surface area contributed by atoms with E-state index < -0.39 is 10.0 Å². The van der Waals surface area contributed by atoms with Gasteiger partial charge < -0.3 is 5.32 Å². The van der Waals surface area contributed by atoms with Crippen LogP contribution in [0, 0.1) is 0 Å². The fraction of sp³-hybridized carbons (Fsp3) is 1.00.